The summed E-state index contributed by atoms with van der Waals surface area (Å²) < 4.78 is 0. The molecule has 0 aromatic heterocycles. The average molecular weight is 293 g/mol. The molecule has 0 radical (unpaired) electrons. The van der Waals surface area contributed by atoms with Crippen LogP contribution in [0.15, 0.2) is 30.4 Å². The highest BCUT2D eigenvalue weighted by Gasteiger charge is 2.67. The zero-order valence-corrected chi connectivity index (χ0v) is 12.8. The first-order valence-electron chi connectivity index (χ1n) is 8.21. The number of allylic oxidation sites excluding steroid dienone is 2. The molecular weight excluding hydrogens is 274 g/mol. The van der Waals surface area contributed by atoms with Crippen LogP contribution in [0.1, 0.15) is 17.5 Å². The number of imide groups is 1. The number of anilines is 1. The SMILES string of the molecule is Cc1ccc(N2C(=O)[C@@H]3[C@@H]4C=C[C@H]([C@@H]5C[C@H]45)[C@H]3C2=O)cc1C. The maximum absolute atomic E-state index is 13.0. The highest BCUT2D eigenvalue weighted by molar-refractivity contribution is 6.22. The maximum atomic E-state index is 13.0. The van der Waals surface area contributed by atoms with E-state index in [0.717, 1.165) is 11.3 Å². The van der Waals surface area contributed by atoms with Gasteiger partial charge in [-0.05, 0) is 67.2 Å². The van der Waals surface area contributed by atoms with Crippen molar-refractivity contribution in [3.05, 3.63) is 41.5 Å². The topological polar surface area (TPSA) is 37.4 Å². The Kier molecular flexibility index (Phi) is 2.23. The average Bonchev–Trinajstić information content (AvgIpc) is 3.28. The predicted octanol–water partition coefficient (Wildman–Crippen LogP) is 2.86. The van der Waals surface area contributed by atoms with E-state index in [-0.39, 0.29) is 23.7 Å². The Balaban J connectivity index is 1.58. The lowest BCUT2D eigenvalue weighted by molar-refractivity contribution is -0.124. The summed E-state index contributed by atoms with van der Waals surface area (Å²) >= 11 is 0. The summed E-state index contributed by atoms with van der Waals surface area (Å²) in [5.41, 5.74) is 3.06. The van der Waals surface area contributed by atoms with Crippen molar-refractivity contribution in [3.63, 3.8) is 0 Å². The van der Waals surface area contributed by atoms with Crippen molar-refractivity contribution in [3.8, 4) is 0 Å². The smallest absolute Gasteiger partial charge is 0.238 e. The normalized spacial score (nSPS) is 40.9. The molecule has 112 valence electrons. The van der Waals surface area contributed by atoms with E-state index in [4.69, 9.17) is 0 Å². The summed E-state index contributed by atoms with van der Waals surface area (Å²) in [6, 6.07) is 5.88. The summed E-state index contributed by atoms with van der Waals surface area (Å²) in [5.74, 6) is 1.77. The van der Waals surface area contributed by atoms with Crippen molar-refractivity contribution < 1.29 is 9.59 Å². The number of amides is 2. The van der Waals surface area contributed by atoms with E-state index in [2.05, 4.69) is 12.2 Å². The van der Waals surface area contributed by atoms with Gasteiger partial charge in [-0.1, -0.05) is 18.2 Å². The Hall–Kier alpha value is -1.90. The van der Waals surface area contributed by atoms with Crippen molar-refractivity contribution in [1.82, 2.24) is 0 Å². The molecule has 0 N–H and O–H groups in total. The molecular formula is C19H19NO2. The van der Waals surface area contributed by atoms with Gasteiger partial charge in [-0.2, -0.15) is 0 Å². The molecule has 3 heteroatoms. The molecule has 1 heterocycles. The van der Waals surface area contributed by atoms with E-state index in [0.29, 0.717) is 23.7 Å². The molecule has 2 amide bonds. The van der Waals surface area contributed by atoms with Crippen LogP contribution in [0.25, 0.3) is 0 Å². The first-order valence-corrected chi connectivity index (χ1v) is 8.21. The predicted molar refractivity (Wildman–Crippen MR) is 83.1 cm³/mol. The highest BCUT2D eigenvalue weighted by Crippen LogP contribution is 2.65. The number of aryl methyl sites for hydroxylation is 2. The quantitative estimate of drug-likeness (QED) is 0.590. The lowest BCUT2D eigenvalue weighted by Gasteiger charge is -2.37. The number of benzene rings is 1. The fraction of sp³-hybridized carbons (Fsp3) is 0.474. The lowest BCUT2D eigenvalue weighted by atomic mass is 9.63. The third-order valence-corrected chi connectivity index (χ3v) is 6.41. The second kappa shape index (κ2) is 3.89. The highest BCUT2D eigenvalue weighted by atomic mass is 16.2. The Morgan fingerprint density at radius 2 is 1.50 bits per heavy atom. The van der Waals surface area contributed by atoms with E-state index in [9.17, 15) is 9.59 Å². The third-order valence-electron chi connectivity index (χ3n) is 6.41. The molecule has 4 aliphatic carbocycles. The fourth-order valence-corrected chi connectivity index (χ4v) is 5.08. The molecule has 1 saturated heterocycles. The number of nitrogens with zero attached hydrogens (tertiary/aromatic N) is 1. The van der Waals surface area contributed by atoms with Crippen LogP contribution >= 0.6 is 0 Å². The van der Waals surface area contributed by atoms with Crippen LogP contribution < -0.4 is 4.90 Å². The van der Waals surface area contributed by atoms with Crippen molar-refractivity contribution in [2.45, 2.75) is 20.3 Å². The van der Waals surface area contributed by atoms with Gasteiger partial charge in [0.1, 0.15) is 0 Å². The van der Waals surface area contributed by atoms with Crippen molar-refractivity contribution in [2.24, 2.45) is 35.5 Å². The van der Waals surface area contributed by atoms with Crippen LogP contribution in [0.2, 0.25) is 0 Å². The summed E-state index contributed by atoms with van der Waals surface area (Å²) in [6.07, 6.45) is 5.64. The minimum absolute atomic E-state index is 0.0305. The Bertz CT molecular complexity index is 714. The minimum atomic E-state index is -0.104. The number of hydrogen-bond donors (Lipinski definition) is 0. The molecule has 22 heavy (non-hydrogen) atoms. The van der Waals surface area contributed by atoms with E-state index in [1.165, 1.54) is 16.9 Å². The van der Waals surface area contributed by atoms with E-state index in [1.54, 1.807) is 0 Å². The number of hydrogen-bond acceptors (Lipinski definition) is 2. The molecule has 1 aliphatic heterocycles. The molecule has 6 rings (SSSR count). The van der Waals surface area contributed by atoms with Gasteiger partial charge in [-0.15, -0.1) is 0 Å². The molecule has 0 unspecified atom stereocenters. The fourth-order valence-electron chi connectivity index (χ4n) is 5.08. The molecule has 0 spiro atoms. The second-order valence-corrected chi connectivity index (χ2v) is 7.44. The van der Waals surface area contributed by atoms with E-state index >= 15 is 0 Å². The van der Waals surface area contributed by atoms with Gasteiger partial charge in [0.2, 0.25) is 11.8 Å². The van der Waals surface area contributed by atoms with E-state index < -0.39 is 0 Å². The molecule has 3 fully saturated rings. The monoisotopic (exact) mass is 293 g/mol. The van der Waals surface area contributed by atoms with Crippen molar-refractivity contribution in [2.75, 3.05) is 4.90 Å². The molecule has 2 saturated carbocycles. The molecule has 2 bridgehead atoms. The zero-order valence-electron chi connectivity index (χ0n) is 12.8. The van der Waals surface area contributed by atoms with Crippen LogP contribution in [-0.2, 0) is 9.59 Å². The summed E-state index contributed by atoms with van der Waals surface area (Å²) in [6.45, 7) is 4.07. The van der Waals surface area contributed by atoms with Crippen LogP contribution in [0.5, 0.6) is 0 Å². The maximum Gasteiger partial charge on any atom is 0.238 e. The third kappa shape index (κ3) is 1.37. The Labute approximate surface area is 130 Å². The second-order valence-electron chi connectivity index (χ2n) is 7.44. The van der Waals surface area contributed by atoms with Crippen LogP contribution in [0.3, 0.4) is 0 Å². The number of carbonyl (C=O) groups excluding carboxylic acids is 2. The van der Waals surface area contributed by atoms with Gasteiger partial charge in [0, 0.05) is 0 Å². The summed E-state index contributed by atoms with van der Waals surface area (Å²) in [5, 5.41) is 0. The van der Waals surface area contributed by atoms with Gasteiger partial charge in [0.15, 0.2) is 0 Å². The number of rotatable bonds is 1. The molecule has 1 aromatic rings. The van der Waals surface area contributed by atoms with Crippen LogP contribution in [0, 0.1) is 49.4 Å². The first kappa shape index (κ1) is 12.6. The van der Waals surface area contributed by atoms with Crippen molar-refractivity contribution in [1.29, 1.82) is 0 Å². The minimum Gasteiger partial charge on any atom is -0.274 e. The molecule has 3 nitrogen and oxygen atoms in total. The molecule has 6 atom stereocenters. The summed E-state index contributed by atoms with van der Waals surface area (Å²) in [7, 11) is 0. The van der Waals surface area contributed by atoms with Crippen LogP contribution in [-0.4, -0.2) is 11.8 Å². The van der Waals surface area contributed by atoms with Crippen molar-refractivity contribution >= 4 is 17.5 Å². The van der Waals surface area contributed by atoms with Crippen LogP contribution in [0.4, 0.5) is 5.69 Å². The van der Waals surface area contributed by atoms with Gasteiger partial charge in [-0.3, -0.25) is 14.5 Å². The van der Waals surface area contributed by atoms with Gasteiger partial charge in [0.05, 0.1) is 17.5 Å². The lowest BCUT2D eigenvalue weighted by Crippen LogP contribution is -2.40. The Morgan fingerprint density at radius 1 is 0.909 bits per heavy atom. The van der Waals surface area contributed by atoms with Gasteiger partial charge >= 0.3 is 0 Å². The summed E-state index contributed by atoms with van der Waals surface area (Å²) in [4.78, 5) is 27.4. The Morgan fingerprint density at radius 3 is 2.05 bits per heavy atom. The van der Waals surface area contributed by atoms with Gasteiger partial charge in [-0.25, -0.2) is 0 Å². The first-order chi connectivity index (χ1) is 10.6. The molecule has 5 aliphatic rings. The largest absolute Gasteiger partial charge is 0.274 e. The standard InChI is InChI=1S/C19H19NO2/c1-9-3-4-11(7-10(9)2)20-18(21)16-12-5-6-13(15-8-14(12)15)17(16)19(20)22/h3-7,12-17H,8H2,1-2H3/t12-,13-,14-,15+,16-,17-/m1/s1. The van der Waals surface area contributed by atoms with Gasteiger partial charge in [0.25, 0.3) is 0 Å². The molecule has 1 aromatic carbocycles. The van der Waals surface area contributed by atoms with E-state index in [1.807, 2.05) is 32.0 Å². The number of carbonyl (C=O) groups is 2. The van der Waals surface area contributed by atoms with Gasteiger partial charge < -0.3 is 0 Å². The zero-order chi connectivity index (χ0) is 15.2.